The van der Waals surface area contributed by atoms with Gasteiger partial charge in [-0.05, 0) is 44.2 Å². The van der Waals surface area contributed by atoms with Gasteiger partial charge in [-0.15, -0.1) is 0 Å². The summed E-state index contributed by atoms with van der Waals surface area (Å²) < 4.78 is 0. The van der Waals surface area contributed by atoms with Crippen LogP contribution in [0.4, 0.5) is 5.69 Å². The van der Waals surface area contributed by atoms with Gasteiger partial charge in [0.2, 0.25) is 5.91 Å². The smallest absolute Gasteiger partial charge is 0.254 e. The molecule has 140 valence electrons. The van der Waals surface area contributed by atoms with Crippen molar-refractivity contribution in [2.75, 3.05) is 38.1 Å². The zero-order valence-electron chi connectivity index (χ0n) is 15.9. The summed E-state index contributed by atoms with van der Waals surface area (Å²) in [5.74, 6) is 0.194. The zero-order valence-corrected chi connectivity index (χ0v) is 15.9. The maximum atomic E-state index is 13.0. The van der Waals surface area contributed by atoms with Gasteiger partial charge in [-0.1, -0.05) is 36.4 Å². The molecule has 0 bridgehead atoms. The van der Waals surface area contributed by atoms with Crippen LogP contribution in [0.1, 0.15) is 22.3 Å². The number of rotatable bonds is 2. The van der Waals surface area contributed by atoms with Gasteiger partial charge in [0.05, 0.1) is 12.1 Å². The first-order valence-corrected chi connectivity index (χ1v) is 9.42. The summed E-state index contributed by atoms with van der Waals surface area (Å²) in [6.07, 6.45) is 0.873. The topological polar surface area (TPSA) is 43.9 Å². The fraction of sp³-hybridized carbons (Fsp3) is 0.364. The number of para-hydroxylation sites is 1. The van der Waals surface area contributed by atoms with E-state index in [0.717, 1.165) is 23.2 Å². The zero-order chi connectivity index (χ0) is 19.0. The van der Waals surface area contributed by atoms with Crippen molar-refractivity contribution in [2.45, 2.75) is 18.9 Å². The number of amides is 2. The molecular weight excluding hydrogens is 338 g/mol. The number of aryl methyl sites for hydroxylation is 1. The number of nitrogens with zero attached hydrogens (tertiary/aromatic N) is 3. The highest BCUT2D eigenvalue weighted by Crippen LogP contribution is 2.34. The summed E-state index contributed by atoms with van der Waals surface area (Å²) in [4.78, 5) is 31.6. The van der Waals surface area contributed by atoms with Crippen LogP contribution in [-0.4, -0.2) is 60.4 Å². The summed E-state index contributed by atoms with van der Waals surface area (Å²) in [5, 5.41) is 0. The lowest BCUT2D eigenvalue weighted by Crippen LogP contribution is -2.64. The monoisotopic (exact) mass is 363 g/mol. The van der Waals surface area contributed by atoms with Crippen molar-refractivity contribution in [3.63, 3.8) is 0 Å². The van der Waals surface area contributed by atoms with Crippen LogP contribution in [0, 0.1) is 6.92 Å². The van der Waals surface area contributed by atoms with E-state index in [4.69, 9.17) is 0 Å². The lowest BCUT2D eigenvalue weighted by Gasteiger charge is -2.46. The molecule has 4 rings (SSSR count). The first kappa shape index (κ1) is 17.7. The maximum absolute atomic E-state index is 13.0. The first-order chi connectivity index (χ1) is 13.0. The lowest BCUT2D eigenvalue weighted by atomic mass is 9.92. The summed E-state index contributed by atoms with van der Waals surface area (Å²) in [6.45, 7) is 4.33. The Bertz CT molecular complexity index is 867. The number of carbonyl (C=O) groups excluding carboxylic acids is 2. The molecule has 0 unspecified atom stereocenters. The standard InChI is InChI=1S/C22H25N3O2/c1-17-8-6-7-11-19(17)21(27)24-13-12-22(15-24)16-25(20(26)14-23(22)2)18-9-4-3-5-10-18/h3-11H,12-16H2,1-2H3/t22-/m0/s1. The van der Waals surface area contributed by atoms with Gasteiger partial charge >= 0.3 is 0 Å². The third-order valence-corrected chi connectivity index (χ3v) is 6.00. The number of benzene rings is 2. The molecule has 2 aromatic rings. The van der Waals surface area contributed by atoms with E-state index in [1.165, 1.54) is 0 Å². The van der Waals surface area contributed by atoms with Gasteiger partial charge in [-0.2, -0.15) is 0 Å². The molecule has 0 aromatic heterocycles. The van der Waals surface area contributed by atoms with Crippen molar-refractivity contribution < 1.29 is 9.59 Å². The lowest BCUT2D eigenvalue weighted by molar-refractivity contribution is -0.123. The summed E-state index contributed by atoms with van der Waals surface area (Å²) in [6, 6.07) is 17.5. The van der Waals surface area contributed by atoms with Crippen molar-refractivity contribution in [2.24, 2.45) is 0 Å². The number of anilines is 1. The van der Waals surface area contributed by atoms with Crippen molar-refractivity contribution in [1.82, 2.24) is 9.80 Å². The molecule has 0 aliphatic carbocycles. The SMILES string of the molecule is Cc1ccccc1C(=O)N1CC[C@]2(C1)CN(c1ccccc1)C(=O)CN2C. The molecule has 1 atom stereocenters. The van der Waals surface area contributed by atoms with E-state index >= 15 is 0 Å². The minimum absolute atomic E-state index is 0.0848. The molecule has 2 aliphatic rings. The van der Waals surface area contributed by atoms with Crippen LogP contribution >= 0.6 is 0 Å². The maximum Gasteiger partial charge on any atom is 0.254 e. The number of hydrogen-bond acceptors (Lipinski definition) is 3. The molecule has 2 heterocycles. The molecule has 0 saturated carbocycles. The highest BCUT2D eigenvalue weighted by atomic mass is 16.2. The van der Waals surface area contributed by atoms with Gasteiger partial charge < -0.3 is 9.80 Å². The fourth-order valence-corrected chi connectivity index (χ4v) is 4.26. The fourth-order valence-electron chi connectivity index (χ4n) is 4.26. The molecule has 2 amide bonds. The average Bonchev–Trinajstić information content (AvgIpc) is 3.11. The number of likely N-dealkylation sites (N-methyl/N-ethyl adjacent to an activating group) is 1. The van der Waals surface area contributed by atoms with E-state index in [1.807, 2.05) is 78.4 Å². The average molecular weight is 363 g/mol. The van der Waals surface area contributed by atoms with Crippen LogP contribution in [0.3, 0.4) is 0 Å². The van der Waals surface area contributed by atoms with Gasteiger partial charge in [0.1, 0.15) is 0 Å². The third kappa shape index (κ3) is 3.12. The molecule has 27 heavy (non-hydrogen) atoms. The van der Waals surface area contributed by atoms with Crippen molar-refractivity contribution >= 4 is 17.5 Å². The van der Waals surface area contributed by atoms with Gasteiger partial charge in [0, 0.05) is 30.9 Å². The second-order valence-electron chi connectivity index (χ2n) is 7.69. The Hall–Kier alpha value is -2.66. The van der Waals surface area contributed by atoms with Crippen molar-refractivity contribution in [3.05, 3.63) is 65.7 Å². The number of hydrogen-bond donors (Lipinski definition) is 0. The predicted molar refractivity (Wildman–Crippen MR) is 106 cm³/mol. The van der Waals surface area contributed by atoms with Gasteiger partial charge in [-0.25, -0.2) is 0 Å². The molecule has 5 nitrogen and oxygen atoms in total. The highest BCUT2D eigenvalue weighted by molar-refractivity contribution is 5.97. The van der Waals surface area contributed by atoms with Crippen LogP contribution in [0.2, 0.25) is 0 Å². The Labute approximate surface area is 160 Å². The van der Waals surface area contributed by atoms with Gasteiger partial charge in [0.15, 0.2) is 0 Å². The number of carbonyl (C=O) groups is 2. The molecule has 1 spiro atoms. The van der Waals surface area contributed by atoms with Crippen LogP contribution in [-0.2, 0) is 4.79 Å². The van der Waals surface area contributed by atoms with Crippen LogP contribution in [0.5, 0.6) is 0 Å². The van der Waals surface area contributed by atoms with Gasteiger partial charge in [-0.3, -0.25) is 14.5 Å². The quantitative estimate of drug-likeness (QED) is 0.824. The molecule has 2 aromatic carbocycles. The molecule has 2 aliphatic heterocycles. The van der Waals surface area contributed by atoms with E-state index in [-0.39, 0.29) is 17.4 Å². The normalized spacial score (nSPS) is 23.3. The summed E-state index contributed by atoms with van der Waals surface area (Å²) >= 11 is 0. The Morgan fingerprint density at radius 3 is 2.44 bits per heavy atom. The number of likely N-dealkylation sites (tertiary alicyclic amines) is 1. The Kier molecular flexibility index (Phi) is 4.48. The van der Waals surface area contributed by atoms with Crippen LogP contribution in [0.15, 0.2) is 54.6 Å². The van der Waals surface area contributed by atoms with Gasteiger partial charge in [0.25, 0.3) is 5.91 Å². The molecule has 2 fully saturated rings. The summed E-state index contributed by atoms with van der Waals surface area (Å²) in [7, 11) is 2.00. The second kappa shape index (κ2) is 6.82. The Morgan fingerprint density at radius 1 is 1.00 bits per heavy atom. The van der Waals surface area contributed by atoms with Crippen LogP contribution < -0.4 is 4.90 Å². The Morgan fingerprint density at radius 2 is 1.70 bits per heavy atom. The van der Waals surface area contributed by atoms with Crippen molar-refractivity contribution in [1.29, 1.82) is 0 Å². The highest BCUT2D eigenvalue weighted by Gasteiger charge is 2.48. The van der Waals surface area contributed by atoms with E-state index < -0.39 is 0 Å². The van der Waals surface area contributed by atoms with E-state index in [1.54, 1.807) is 0 Å². The molecule has 2 saturated heterocycles. The third-order valence-electron chi connectivity index (χ3n) is 6.00. The van der Waals surface area contributed by atoms with E-state index in [0.29, 0.717) is 26.2 Å². The van der Waals surface area contributed by atoms with Crippen molar-refractivity contribution in [3.8, 4) is 0 Å². The molecular formula is C22H25N3O2. The minimum atomic E-state index is -0.192. The van der Waals surface area contributed by atoms with Crippen LogP contribution in [0.25, 0.3) is 0 Å². The number of piperazine rings is 1. The van der Waals surface area contributed by atoms with E-state index in [9.17, 15) is 9.59 Å². The first-order valence-electron chi connectivity index (χ1n) is 9.42. The van der Waals surface area contributed by atoms with E-state index in [2.05, 4.69) is 4.90 Å². The largest absolute Gasteiger partial charge is 0.337 e. The summed E-state index contributed by atoms with van der Waals surface area (Å²) in [5.41, 5.74) is 2.51. The second-order valence-corrected chi connectivity index (χ2v) is 7.69. The molecule has 5 heteroatoms. The predicted octanol–water partition coefficient (Wildman–Crippen LogP) is 2.56. The Balaban J connectivity index is 1.57. The molecule has 0 N–H and O–H groups in total. The molecule has 0 radical (unpaired) electrons. The minimum Gasteiger partial charge on any atom is -0.337 e.